The molecule has 0 atom stereocenters. The van der Waals surface area contributed by atoms with Crippen LogP contribution in [0, 0.1) is 0 Å². The number of nitrogens with one attached hydrogen (secondary N) is 1. The molecule has 0 saturated heterocycles. The van der Waals surface area contributed by atoms with E-state index in [1.54, 1.807) is 18.2 Å². The van der Waals surface area contributed by atoms with Gasteiger partial charge in [-0.15, -0.1) is 0 Å². The summed E-state index contributed by atoms with van der Waals surface area (Å²) >= 11 is 0. The fourth-order valence-corrected chi connectivity index (χ4v) is 1.65. The zero-order valence-corrected chi connectivity index (χ0v) is 13.3. The fraction of sp³-hybridized carbons (Fsp3) is 0.500. The van der Waals surface area contributed by atoms with Gasteiger partial charge in [0.15, 0.2) is 23.9 Å². The first-order valence-electron chi connectivity index (χ1n) is 6.92. The quantitative estimate of drug-likeness (QED) is 0.785. The molecule has 0 aliphatic heterocycles. The predicted molar refractivity (Wildman–Crippen MR) is 81.0 cm³/mol. The third-order valence-electron chi connectivity index (χ3n) is 3.29. The molecule has 0 radical (unpaired) electrons. The van der Waals surface area contributed by atoms with Gasteiger partial charge in [-0.05, 0) is 45.4 Å². The van der Waals surface area contributed by atoms with Gasteiger partial charge in [0.25, 0.3) is 5.91 Å². The van der Waals surface area contributed by atoms with Gasteiger partial charge >= 0.3 is 0 Å². The van der Waals surface area contributed by atoms with Crippen LogP contribution in [-0.2, 0) is 4.79 Å². The highest BCUT2D eigenvalue weighted by molar-refractivity contribution is 5.94. The van der Waals surface area contributed by atoms with E-state index in [0.29, 0.717) is 17.1 Å². The molecule has 5 heteroatoms. The summed E-state index contributed by atoms with van der Waals surface area (Å²) in [6.45, 7) is 7.29. The lowest BCUT2D eigenvalue weighted by atomic mass is 10.0. The Morgan fingerprint density at radius 1 is 1.24 bits per heavy atom. The van der Waals surface area contributed by atoms with Crippen molar-refractivity contribution >= 4 is 11.7 Å². The van der Waals surface area contributed by atoms with Crippen LogP contribution in [0.3, 0.4) is 0 Å². The molecule has 0 spiro atoms. The predicted octanol–water partition coefficient (Wildman–Crippen LogP) is 2.58. The lowest BCUT2D eigenvalue weighted by Gasteiger charge is -2.24. The molecule has 0 unspecified atom stereocenters. The van der Waals surface area contributed by atoms with Crippen molar-refractivity contribution in [1.82, 2.24) is 5.32 Å². The number of rotatable bonds is 7. The van der Waals surface area contributed by atoms with Crippen LogP contribution in [0.15, 0.2) is 18.2 Å². The van der Waals surface area contributed by atoms with Crippen molar-refractivity contribution < 1.29 is 19.1 Å². The molecule has 0 aliphatic carbocycles. The zero-order chi connectivity index (χ0) is 16.0. The molecule has 1 aromatic carbocycles. The average molecular weight is 293 g/mol. The van der Waals surface area contributed by atoms with Crippen molar-refractivity contribution in [2.75, 3.05) is 13.7 Å². The molecule has 0 bridgehead atoms. The average Bonchev–Trinajstić information content (AvgIpc) is 2.44. The van der Waals surface area contributed by atoms with Crippen molar-refractivity contribution in [1.29, 1.82) is 0 Å². The van der Waals surface area contributed by atoms with Gasteiger partial charge in [0.1, 0.15) is 0 Å². The summed E-state index contributed by atoms with van der Waals surface area (Å²) in [5, 5.41) is 2.88. The van der Waals surface area contributed by atoms with Crippen LogP contribution >= 0.6 is 0 Å². The lowest BCUT2D eigenvalue weighted by Crippen LogP contribution is -2.44. The highest BCUT2D eigenvalue weighted by atomic mass is 16.5. The summed E-state index contributed by atoms with van der Waals surface area (Å²) in [4.78, 5) is 23.2. The summed E-state index contributed by atoms with van der Waals surface area (Å²) in [5.41, 5.74) is 0.277. The second-order valence-electron chi connectivity index (χ2n) is 5.50. The van der Waals surface area contributed by atoms with E-state index in [0.717, 1.165) is 6.42 Å². The van der Waals surface area contributed by atoms with Crippen LogP contribution < -0.4 is 14.8 Å². The Bertz CT molecular complexity index is 523. The fourth-order valence-electron chi connectivity index (χ4n) is 1.65. The molecule has 1 rings (SSSR count). The number of ketones is 1. The minimum Gasteiger partial charge on any atom is -0.493 e. The molecule has 0 fully saturated rings. The van der Waals surface area contributed by atoms with E-state index in [2.05, 4.69) is 5.32 Å². The van der Waals surface area contributed by atoms with E-state index in [1.165, 1.54) is 14.0 Å². The van der Waals surface area contributed by atoms with Crippen molar-refractivity contribution in [3.8, 4) is 11.5 Å². The first kappa shape index (κ1) is 17.0. The number of carbonyl (C=O) groups is 2. The molecule has 0 aromatic heterocycles. The van der Waals surface area contributed by atoms with E-state index in [9.17, 15) is 9.59 Å². The molecule has 21 heavy (non-hydrogen) atoms. The van der Waals surface area contributed by atoms with E-state index in [-0.39, 0.29) is 23.8 Å². The third-order valence-corrected chi connectivity index (χ3v) is 3.29. The molecule has 0 heterocycles. The zero-order valence-electron chi connectivity index (χ0n) is 13.3. The molecule has 1 amide bonds. The van der Waals surface area contributed by atoms with Crippen molar-refractivity contribution in [2.45, 2.75) is 39.7 Å². The normalized spacial score (nSPS) is 10.9. The summed E-state index contributed by atoms with van der Waals surface area (Å²) in [6, 6.07) is 4.88. The number of amides is 1. The van der Waals surface area contributed by atoms with Gasteiger partial charge in [-0.3, -0.25) is 9.59 Å². The van der Waals surface area contributed by atoms with Crippen LogP contribution in [0.25, 0.3) is 0 Å². The second kappa shape index (κ2) is 7.11. The Labute approximate surface area is 125 Å². The van der Waals surface area contributed by atoms with Gasteiger partial charge in [0.05, 0.1) is 7.11 Å². The maximum Gasteiger partial charge on any atom is 0.258 e. The van der Waals surface area contributed by atoms with Crippen LogP contribution in [0.2, 0.25) is 0 Å². The van der Waals surface area contributed by atoms with Crippen LogP contribution in [-0.4, -0.2) is 30.9 Å². The van der Waals surface area contributed by atoms with Crippen LogP contribution in [0.4, 0.5) is 0 Å². The van der Waals surface area contributed by atoms with E-state index < -0.39 is 0 Å². The van der Waals surface area contributed by atoms with Crippen molar-refractivity contribution in [3.05, 3.63) is 23.8 Å². The number of Topliss-reactive ketones (excluding diaryl/α,β-unsaturated/α-hetero) is 1. The maximum atomic E-state index is 11.8. The van der Waals surface area contributed by atoms with Gasteiger partial charge in [0, 0.05) is 11.1 Å². The highest BCUT2D eigenvalue weighted by Gasteiger charge is 2.18. The first-order chi connectivity index (χ1) is 9.79. The highest BCUT2D eigenvalue weighted by Crippen LogP contribution is 2.28. The van der Waals surface area contributed by atoms with Gasteiger partial charge in [-0.1, -0.05) is 6.92 Å². The first-order valence-corrected chi connectivity index (χ1v) is 6.92. The monoisotopic (exact) mass is 293 g/mol. The molecular weight excluding hydrogens is 270 g/mol. The number of hydrogen-bond acceptors (Lipinski definition) is 4. The largest absolute Gasteiger partial charge is 0.493 e. The van der Waals surface area contributed by atoms with Crippen LogP contribution in [0.1, 0.15) is 44.5 Å². The Kier molecular flexibility index (Phi) is 5.76. The standard InChI is InChI=1S/C16H23NO4/c1-6-16(3,4)17-15(19)10-21-13-8-7-12(11(2)18)9-14(13)20-5/h7-9H,6,10H2,1-5H3,(H,17,19). The molecular formula is C16H23NO4. The number of methoxy groups -OCH3 is 1. The smallest absolute Gasteiger partial charge is 0.258 e. The van der Waals surface area contributed by atoms with E-state index in [1.807, 2.05) is 20.8 Å². The van der Waals surface area contributed by atoms with Crippen molar-refractivity contribution in [2.24, 2.45) is 0 Å². The minimum absolute atomic E-state index is 0.0534. The molecule has 0 aliphatic rings. The number of ether oxygens (including phenoxy) is 2. The third kappa shape index (κ3) is 5.10. The lowest BCUT2D eigenvalue weighted by molar-refractivity contribution is -0.124. The summed E-state index contributed by atoms with van der Waals surface area (Å²) in [5.74, 6) is 0.624. The van der Waals surface area contributed by atoms with Gasteiger partial charge in [-0.25, -0.2) is 0 Å². The summed E-state index contributed by atoms with van der Waals surface area (Å²) < 4.78 is 10.6. The number of carbonyl (C=O) groups excluding carboxylic acids is 2. The van der Waals surface area contributed by atoms with Crippen LogP contribution in [0.5, 0.6) is 11.5 Å². The maximum absolute atomic E-state index is 11.8. The van der Waals surface area contributed by atoms with Gasteiger partial charge < -0.3 is 14.8 Å². The molecule has 1 N–H and O–H groups in total. The Hall–Kier alpha value is -2.04. The molecule has 0 saturated carbocycles. The SMILES string of the molecule is CCC(C)(C)NC(=O)COc1ccc(C(C)=O)cc1OC. The Morgan fingerprint density at radius 3 is 2.43 bits per heavy atom. The van der Waals surface area contributed by atoms with E-state index in [4.69, 9.17) is 9.47 Å². The van der Waals surface area contributed by atoms with Gasteiger partial charge in [-0.2, -0.15) is 0 Å². The van der Waals surface area contributed by atoms with Gasteiger partial charge in [0.2, 0.25) is 0 Å². The second-order valence-corrected chi connectivity index (χ2v) is 5.50. The Balaban J connectivity index is 2.71. The van der Waals surface area contributed by atoms with Crippen molar-refractivity contribution in [3.63, 3.8) is 0 Å². The minimum atomic E-state index is -0.261. The summed E-state index contributed by atoms with van der Waals surface area (Å²) in [6.07, 6.45) is 0.829. The number of hydrogen-bond donors (Lipinski definition) is 1. The van der Waals surface area contributed by atoms with E-state index >= 15 is 0 Å². The number of benzene rings is 1. The molecule has 5 nitrogen and oxygen atoms in total. The summed E-state index contributed by atoms with van der Waals surface area (Å²) in [7, 11) is 1.49. The topological polar surface area (TPSA) is 64.6 Å². The molecule has 116 valence electrons. The Morgan fingerprint density at radius 2 is 1.90 bits per heavy atom. The molecule has 1 aromatic rings.